The molecule has 0 unspecified atom stereocenters. The Hall–Kier alpha value is -3.53. The number of halogens is 1. The number of nitrogens with one attached hydrogen (secondary N) is 2. The summed E-state index contributed by atoms with van der Waals surface area (Å²) in [5.74, 6) is -3.15. The van der Waals surface area contributed by atoms with E-state index in [2.05, 4.69) is 26.7 Å². The van der Waals surface area contributed by atoms with Crippen molar-refractivity contribution >= 4 is 51.1 Å². The molecule has 166 valence electrons. The summed E-state index contributed by atoms with van der Waals surface area (Å²) < 4.78 is 5.83. The monoisotopic (exact) mass is 501 g/mol. The summed E-state index contributed by atoms with van der Waals surface area (Å²) in [4.78, 5) is 60.2. The van der Waals surface area contributed by atoms with Gasteiger partial charge in [0, 0.05) is 27.7 Å². The number of amides is 3. The summed E-state index contributed by atoms with van der Waals surface area (Å²) in [7, 11) is 0. The van der Waals surface area contributed by atoms with Crippen molar-refractivity contribution in [2.75, 3.05) is 18.5 Å². The number of hydrazine groups is 1. The molecule has 0 aliphatic carbocycles. The lowest BCUT2D eigenvalue weighted by molar-refractivity contribution is -0.151. The highest BCUT2D eigenvalue weighted by molar-refractivity contribution is 9.10. The van der Waals surface area contributed by atoms with E-state index in [0.29, 0.717) is 16.8 Å². The fourth-order valence-electron chi connectivity index (χ4n) is 3.03. The third-order valence-electron chi connectivity index (χ3n) is 4.70. The lowest BCUT2D eigenvalue weighted by atomic mass is 10.1. The summed E-state index contributed by atoms with van der Waals surface area (Å²) in [6.07, 6.45) is -0.137. The molecule has 2 aromatic carbocycles. The van der Waals surface area contributed by atoms with Crippen LogP contribution in [0.15, 0.2) is 53.0 Å². The average Bonchev–Trinajstić information content (AvgIpc) is 3.13. The summed E-state index contributed by atoms with van der Waals surface area (Å²) in [6, 6.07) is 12.9. The van der Waals surface area contributed by atoms with Crippen LogP contribution in [0.5, 0.6) is 0 Å². The largest absolute Gasteiger partial charge is 0.455 e. The van der Waals surface area contributed by atoms with Gasteiger partial charge in [-0.15, -0.1) is 0 Å². The molecule has 10 heteroatoms. The number of benzene rings is 2. The van der Waals surface area contributed by atoms with Gasteiger partial charge in [0.15, 0.2) is 12.4 Å². The van der Waals surface area contributed by atoms with Crippen molar-refractivity contribution in [3.8, 4) is 0 Å². The minimum atomic E-state index is -0.804. The summed E-state index contributed by atoms with van der Waals surface area (Å²) in [5.41, 5.74) is 3.67. The first-order valence-electron chi connectivity index (χ1n) is 9.67. The van der Waals surface area contributed by atoms with Gasteiger partial charge in [-0.1, -0.05) is 28.1 Å². The molecule has 3 rings (SSSR count). The number of anilines is 1. The van der Waals surface area contributed by atoms with E-state index in [1.54, 1.807) is 42.5 Å². The Bertz CT molecular complexity index is 1070. The van der Waals surface area contributed by atoms with Crippen molar-refractivity contribution in [1.82, 2.24) is 10.4 Å². The Balaban J connectivity index is 1.48. The number of esters is 1. The zero-order valence-corrected chi connectivity index (χ0v) is 18.7. The van der Waals surface area contributed by atoms with E-state index in [-0.39, 0.29) is 18.7 Å². The number of hydrogen-bond acceptors (Lipinski definition) is 6. The number of ether oxygens (including phenoxy) is 1. The number of Topliss-reactive ketones (excluding diaryl/α,β-unsaturated/α-hetero) is 1. The quantitative estimate of drug-likeness (QED) is 0.443. The minimum Gasteiger partial charge on any atom is -0.455 e. The molecule has 2 N–H and O–H groups in total. The minimum absolute atomic E-state index is 0.0534. The summed E-state index contributed by atoms with van der Waals surface area (Å²) in [6.45, 7) is 0.817. The number of carbonyl (C=O) groups is 5. The van der Waals surface area contributed by atoms with Gasteiger partial charge in [-0.05, 0) is 43.3 Å². The maximum absolute atomic E-state index is 12.3. The molecular formula is C22H20BrN3O6. The predicted molar refractivity (Wildman–Crippen MR) is 117 cm³/mol. The fraction of sp³-hybridized carbons (Fsp3) is 0.227. The van der Waals surface area contributed by atoms with Gasteiger partial charge in [-0.2, -0.15) is 0 Å². The first-order chi connectivity index (χ1) is 15.2. The standard InChI is InChI=1S/C22H20BrN3O6/c1-13(27)15-3-2-4-18(9-15)24-19(28)12-32-22(31)16-10-20(29)26(11-16)25-21(30)14-5-7-17(23)8-6-14/h2-9,16H,10-12H2,1H3,(H,24,28)(H,25,30)/t16-/m0/s1. The second-order valence-corrected chi connectivity index (χ2v) is 8.06. The van der Waals surface area contributed by atoms with Gasteiger partial charge in [-0.25, -0.2) is 0 Å². The summed E-state index contributed by atoms with van der Waals surface area (Å²) in [5, 5.41) is 3.62. The molecule has 1 aliphatic heterocycles. The topological polar surface area (TPSA) is 122 Å². The molecule has 3 amide bonds. The Morgan fingerprint density at radius 3 is 2.50 bits per heavy atom. The van der Waals surface area contributed by atoms with E-state index >= 15 is 0 Å². The fourth-order valence-corrected chi connectivity index (χ4v) is 3.29. The number of hydrogen-bond donors (Lipinski definition) is 2. The van der Waals surface area contributed by atoms with Crippen LogP contribution in [0.25, 0.3) is 0 Å². The second-order valence-electron chi connectivity index (χ2n) is 7.15. The predicted octanol–water partition coefficient (Wildman–Crippen LogP) is 2.33. The van der Waals surface area contributed by atoms with Crippen LogP contribution in [0.4, 0.5) is 5.69 Å². The van der Waals surface area contributed by atoms with Crippen LogP contribution in [0.1, 0.15) is 34.1 Å². The van der Waals surface area contributed by atoms with Crippen LogP contribution >= 0.6 is 15.9 Å². The highest BCUT2D eigenvalue weighted by Crippen LogP contribution is 2.18. The van der Waals surface area contributed by atoms with Crippen molar-refractivity contribution < 1.29 is 28.7 Å². The normalized spacial score (nSPS) is 15.2. The van der Waals surface area contributed by atoms with E-state index in [0.717, 1.165) is 9.48 Å². The molecular weight excluding hydrogens is 482 g/mol. The van der Waals surface area contributed by atoms with Crippen molar-refractivity contribution in [2.24, 2.45) is 5.92 Å². The lowest BCUT2D eigenvalue weighted by Gasteiger charge is -2.17. The smallest absolute Gasteiger partial charge is 0.311 e. The van der Waals surface area contributed by atoms with Gasteiger partial charge in [0.25, 0.3) is 11.8 Å². The third-order valence-corrected chi connectivity index (χ3v) is 5.23. The molecule has 0 saturated carbocycles. The van der Waals surface area contributed by atoms with Crippen LogP contribution in [-0.4, -0.2) is 47.6 Å². The SMILES string of the molecule is CC(=O)c1cccc(NC(=O)COC(=O)[C@H]2CC(=O)N(NC(=O)c3ccc(Br)cc3)C2)c1. The molecule has 2 aromatic rings. The molecule has 1 heterocycles. The average molecular weight is 502 g/mol. The van der Waals surface area contributed by atoms with Crippen LogP contribution in [0, 0.1) is 5.92 Å². The maximum Gasteiger partial charge on any atom is 0.311 e. The zero-order valence-electron chi connectivity index (χ0n) is 17.1. The van der Waals surface area contributed by atoms with Crippen LogP contribution in [-0.2, 0) is 19.1 Å². The van der Waals surface area contributed by atoms with Crippen LogP contribution < -0.4 is 10.7 Å². The first-order valence-corrected chi connectivity index (χ1v) is 10.5. The molecule has 0 radical (unpaired) electrons. The molecule has 1 aliphatic rings. The zero-order chi connectivity index (χ0) is 23.3. The number of rotatable bonds is 7. The molecule has 32 heavy (non-hydrogen) atoms. The van der Waals surface area contributed by atoms with Gasteiger partial charge >= 0.3 is 5.97 Å². The van der Waals surface area contributed by atoms with Gasteiger partial charge in [0.2, 0.25) is 5.91 Å². The van der Waals surface area contributed by atoms with E-state index in [4.69, 9.17) is 4.74 Å². The number of ketones is 1. The Labute approximate surface area is 192 Å². The lowest BCUT2D eigenvalue weighted by Crippen LogP contribution is -2.43. The van der Waals surface area contributed by atoms with E-state index in [1.807, 2.05) is 0 Å². The van der Waals surface area contributed by atoms with Gasteiger partial charge < -0.3 is 10.1 Å². The third kappa shape index (κ3) is 6.01. The molecule has 1 fully saturated rings. The van der Waals surface area contributed by atoms with E-state index in [9.17, 15) is 24.0 Å². The van der Waals surface area contributed by atoms with Gasteiger partial charge in [0.05, 0.1) is 12.5 Å². The number of nitrogens with zero attached hydrogens (tertiary/aromatic N) is 1. The second kappa shape index (κ2) is 10.2. The molecule has 0 bridgehead atoms. The van der Waals surface area contributed by atoms with Gasteiger partial charge in [0.1, 0.15) is 0 Å². The van der Waals surface area contributed by atoms with Crippen LogP contribution in [0.3, 0.4) is 0 Å². The van der Waals surface area contributed by atoms with E-state index < -0.39 is 36.2 Å². The highest BCUT2D eigenvalue weighted by atomic mass is 79.9. The van der Waals surface area contributed by atoms with Crippen molar-refractivity contribution in [3.63, 3.8) is 0 Å². The Morgan fingerprint density at radius 2 is 1.81 bits per heavy atom. The molecule has 1 saturated heterocycles. The molecule has 1 atom stereocenters. The van der Waals surface area contributed by atoms with E-state index in [1.165, 1.54) is 13.0 Å². The van der Waals surface area contributed by atoms with Crippen LogP contribution in [0.2, 0.25) is 0 Å². The Morgan fingerprint density at radius 1 is 1.09 bits per heavy atom. The van der Waals surface area contributed by atoms with Gasteiger partial charge in [-0.3, -0.25) is 34.4 Å². The maximum atomic E-state index is 12.3. The van der Waals surface area contributed by atoms with Crippen molar-refractivity contribution in [1.29, 1.82) is 0 Å². The molecule has 0 spiro atoms. The van der Waals surface area contributed by atoms with Crippen molar-refractivity contribution in [2.45, 2.75) is 13.3 Å². The summed E-state index contributed by atoms with van der Waals surface area (Å²) >= 11 is 3.28. The molecule has 0 aromatic heterocycles. The Kier molecular flexibility index (Phi) is 7.37. The van der Waals surface area contributed by atoms with Crippen molar-refractivity contribution in [3.05, 3.63) is 64.1 Å². The highest BCUT2D eigenvalue weighted by Gasteiger charge is 2.36. The number of carbonyl (C=O) groups excluding carboxylic acids is 5. The first kappa shape index (κ1) is 23.1. The molecule has 9 nitrogen and oxygen atoms in total.